The number of carbonyl (C=O) groups is 1. The van der Waals surface area contributed by atoms with Crippen molar-refractivity contribution in [2.45, 2.75) is 0 Å². The Hall–Kier alpha value is -1.99. The molecule has 3 aromatic rings. The second kappa shape index (κ2) is 6.72. The fraction of sp³-hybridized carbons (Fsp3) is 0.222. The van der Waals surface area contributed by atoms with Crippen LogP contribution < -0.4 is 4.90 Å². The Morgan fingerprint density at radius 3 is 2.52 bits per heavy atom. The molecule has 2 aromatic carbocycles. The summed E-state index contributed by atoms with van der Waals surface area (Å²) in [5.74, 6) is -0.378. The standard InChI is InChI=1S/C18H15BrFN3OS/c19-13-3-6-15-16(11-13)25-18(21-15)23-9-7-22(8-10-23)17(24)12-1-4-14(20)5-2-12/h1-6,11H,7-10H2. The number of hydrogen-bond acceptors (Lipinski definition) is 4. The van der Waals surface area contributed by atoms with Crippen molar-refractivity contribution in [3.8, 4) is 0 Å². The van der Waals surface area contributed by atoms with E-state index >= 15 is 0 Å². The zero-order chi connectivity index (χ0) is 17.4. The fourth-order valence-electron chi connectivity index (χ4n) is 2.90. The highest BCUT2D eigenvalue weighted by molar-refractivity contribution is 9.10. The summed E-state index contributed by atoms with van der Waals surface area (Å²) in [4.78, 5) is 21.2. The van der Waals surface area contributed by atoms with Crippen LogP contribution in [-0.2, 0) is 0 Å². The summed E-state index contributed by atoms with van der Waals surface area (Å²) in [6, 6.07) is 11.8. The van der Waals surface area contributed by atoms with Crippen LogP contribution in [0, 0.1) is 5.82 Å². The lowest BCUT2D eigenvalue weighted by molar-refractivity contribution is 0.0746. The Balaban J connectivity index is 1.45. The number of thiazole rings is 1. The van der Waals surface area contributed by atoms with Gasteiger partial charge in [0.25, 0.3) is 5.91 Å². The lowest BCUT2D eigenvalue weighted by Crippen LogP contribution is -2.48. The molecule has 0 radical (unpaired) electrons. The van der Waals surface area contributed by atoms with Gasteiger partial charge in [-0.25, -0.2) is 9.37 Å². The average molecular weight is 420 g/mol. The average Bonchev–Trinajstić information content (AvgIpc) is 3.05. The highest BCUT2D eigenvalue weighted by Crippen LogP contribution is 2.31. The van der Waals surface area contributed by atoms with Gasteiger partial charge in [-0.15, -0.1) is 0 Å². The van der Waals surface area contributed by atoms with Crippen molar-refractivity contribution in [3.63, 3.8) is 0 Å². The number of hydrogen-bond donors (Lipinski definition) is 0. The van der Waals surface area contributed by atoms with Crippen LogP contribution in [-0.4, -0.2) is 42.0 Å². The van der Waals surface area contributed by atoms with E-state index in [9.17, 15) is 9.18 Å². The molecule has 0 atom stereocenters. The zero-order valence-electron chi connectivity index (χ0n) is 13.3. The van der Waals surface area contributed by atoms with E-state index in [4.69, 9.17) is 4.98 Å². The first-order chi connectivity index (χ1) is 12.1. The number of amides is 1. The van der Waals surface area contributed by atoms with Gasteiger partial charge in [-0.1, -0.05) is 27.3 Å². The number of anilines is 1. The third-order valence-electron chi connectivity index (χ3n) is 4.27. The van der Waals surface area contributed by atoms with Gasteiger partial charge >= 0.3 is 0 Å². The lowest BCUT2D eigenvalue weighted by atomic mass is 10.2. The van der Waals surface area contributed by atoms with Crippen molar-refractivity contribution in [1.82, 2.24) is 9.88 Å². The van der Waals surface area contributed by atoms with Crippen molar-refractivity contribution in [2.75, 3.05) is 31.1 Å². The minimum absolute atomic E-state index is 0.0483. The minimum Gasteiger partial charge on any atom is -0.345 e. The van der Waals surface area contributed by atoms with E-state index < -0.39 is 0 Å². The summed E-state index contributed by atoms with van der Waals surface area (Å²) in [6.45, 7) is 2.76. The summed E-state index contributed by atoms with van der Waals surface area (Å²) < 4.78 is 15.2. The summed E-state index contributed by atoms with van der Waals surface area (Å²) in [5.41, 5.74) is 1.52. The SMILES string of the molecule is O=C(c1ccc(F)cc1)N1CCN(c2nc3ccc(Br)cc3s2)CC1. The molecule has 0 N–H and O–H groups in total. The van der Waals surface area contributed by atoms with E-state index in [-0.39, 0.29) is 11.7 Å². The molecule has 25 heavy (non-hydrogen) atoms. The first-order valence-corrected chi connectivity index (χ1v) is 9.57. The number of carbonyl (C=O) groups excluding carboxylic acids is 1. The molecule has 1 aliphatic rings. The van der Waals surface area contributed by atoms with E-state index in [1.54, 1.807) is 11.3 Å². The molecule has 0 unspecified atom stereocenters. The number of fused-ring (bicyclic) bond motifs is 1. The van der Waals surface area contributed by atoms with Crippen LogP contribution in [0.1, 0.15) is 10.4 Å². The molecule has 4 rings (SSSR count). The maximum Gasteiger partial charge on any atom is 0.253 e. The predicted octanol–water partition coefficient (Wildman–Crippen LogP) is 4.16. The maximum absolute atomic E-state index is 13.0. The van der Waals surface area contributed by atoms with Crippen molar-refractivity contribution >= 4 is 48.5 Å². The minimum atomic E-state index is -0.330. The van der Waals surface area contributed by atoms with E-state index in [0.717, 1.165) is 32.9 Å². The third kappa shape index (κ3) is 3.39. The van der Waals surface area contributed by atoms with Gasteiger partial charge in [0.05, 0.1) is 10.2 Å². The monoisotopic (exact) mass is 419 g/mol. The molecule has 0 saturated carbocycles. The highest BCUT2D eigenvalue weighted by Gasteiger charge is 2.24. The van der Waals surface area contributed by atoms with Crippen LogP contribution in [0.3, 0.4) is 0 Å². The highest BCUT2D eigenvalue weighted by atomic mass is 79.9. The van der Waals surface area contributed by atoms with Gasteiger partial charge in [0.2, 0.25) is 0 Å². The molecular weight excluding hydrogens is 405 g/mol. The van der Waals surface area contributed by atoms with Gasteiger partial charge in [0.15, 0.2) is 5.13 Å². The van der Waals surface area contributed by atoms with Crippen LogP contribution >= 0.6 is 27.3 Å². The molecule has 4 nitrogen and oxygen atoms in total. The van der Waals surface area contributed by atoms with E-state index in [0.29, 0.717) is 18.7 Å². The van der Waals surface area contributed by atoms with Crippen molar-refractivity contribution < 1.29 is 9.18 Å². The maximum atomic E-state index is 13.0. The summed E-state index contributed by atoms with van der Waals surface area (Å²) in [5, 5.41) is 0.988. The quantitative estimate of drug-likeness (QED) is 0.625. The number of benzene rings is 2. The number of piperazine rings is 1. The van der Waals surface area contributed by atoms with Gasteiger partial charge in [0.1, 0.15) is 5.82 Å². The molecule has 1 aliphatic heterocycles. The van der Waals surface area contributed by atoms with Crippen molar-refractivity contribution in [2.24, 2.45) is 0 Å². The number of halogens is 2. The molecule has 0 aliphatic carbocycles. The van der Waals surface area contributed by atoms with Crippen LogP contribution in [0.4, 0.5) is 9.52 Å². The Bertz CT molecular complexity index is 920. The third-order valence-corrected chi connectivity index (χ3v) is 5.84. The van der Waals surface area contributed by atoms with Crippen LogP contribution in [0.2, 0.25) is 0 Å². The zero-order valence-corrected chi connectivity index (χ0v) is 15.7. The first kappa shape index (κ1) is 16.5. The van der Waals surface area contributed by atoms with Gasteiger partial charge in [-0.2, -0.15) is 0 Å². The second-order valence-electron chi connectivity index (χ2n) is 5.89. The lowest BCUT2D eigenvalue weighted by Gasteiger charge is -2.34. The molecular formula is C18H15BrFN3OS. The summed E-state index contributed by atoms with van der Waals surface area (Å²) in [7, 11) is 0. The van der Waals surface area contributed by atoms with E-state index in [2.05, 4.69) is 26.9 Å². The first-order valence-electron chi connectivity index (χ1n) is 7.96. The van der Waals surface area contributed by atoms with Crippen molar-refractivity contribution in [1.29, 1.82) is 0 Å². The normalized spacial score (nSPS) is 15.0. The molecule has 0 spiro atoms. The van der Waals surface area contributed by atoms with Crippen molar-refractivity contribution in [3.05, 3.63) is 58.3 Å². The molecule has 128 valence electrons. The Morgan fingerprint density at radius 2 is 1.80 bits per heavy atom. The molecule has 1 fully saturated rings. The molecule has 7 heteroatoms. The van der Waals surface area contributed by atoms with Crippen LogP contribution in [0.25, 0.3) is 10.2 Å². The molecule has 1 saturated heterocycles. The molecule has 1 aromatic heterocycles. The van der Waals surface area contributed by atoms with Gasteiger partial charge < -0.3 is 9.80 Å². The largest absolute Gasteiger partial charge is 0.345 e. The molecule has 0 bridgehead atoms. The Labute approximate surface area is 157 Å². The van der Waals surface area contributed by atoms with Gasteiger partial charge in [-0.05, 0) is 42.5 Å². The van der Waals surface area contributed by atoms with Crippen LogP contribution in [0.5, 0.6) is 0 Å². The van der Waals surface area contributed by atoms with Gasteiger partial charge in [-0.3, -0.25) is 4.79 Å². The number of aromatic nitrogens is 1. The number of rotatable bonds is 2. The van der Waals surface area contributed by atoms with Crippen LogP contribution in [0.15, 0.2) is 46.9 Å². The van der Waals surface area contributed by atoms with Gasteiger partial charge in [0, 0.05) is 36.2 Å². The Morgan fingerprint density at radius 1 is 1.08 bits per heavy atom. The molecule has 1 amide bonds. The molecule has 2 heterocycles. The summed E-state index contributed by atoms with van der Waals surface area (Å²) >= 11 is 5.15. The predicted molar refractivity (Wildman–Crippen MR) is 102 cm³/mol. The smallest absolute Gasteiger partial charge is 0.253 e. The fourth-order valence-corrected chi connectivity index (χ4v) is 4.47. The number of nitrogens with zero attached hydrogens (tertiary/aromatic N) is 3. The topological polar surface area (TPSA) is 36.4 Å². The van der Waals surface area contributed by atoms with E-state index in [1.165, 1.54) is 24.3 Å². The summed E-state index contributed by atoms with van der Waals surface area (Å²) in [6.07, 6.45) is 0. The Kier molecular flexibility index (Phi) is 4.43. The van der Waals surface area contributed by atoms with E-state index in [1.807, 2.05) is 17.0 Å². The second-order valence-corrected chi connectivity index (χ2v) is 7.82.